The molecule has 1 heterocycles. The third-order valence-electron chi connectivity index (χ3n) is 6.56. The standard InChI is InChI=1S/C27H31NO4/c1-16-7-8-17(2)20(11-16)28-21-14-27(3,4)15-22(29)26(21)19(13-25(28)30)18-9-10-23(31-5)24(12-18)32-6/h7-12,19H,13-15H2,1-6H3. The van der Waals surface area contributed by atoms with Gasteiger partial charge in [-0.1, -0.05) is 32.0 Å². The molecule has 0 N–H and O–H groups in total. The highest BCUT2D eigenvalue weighted by molar-refractivity contribution is 6.08. The number of nitrogens with zero attached hydrogens (tertiary/aromatic N) is 1. The molecule has 2 aromatic rings. The Bertz CT molecular complexity index is 1130. The van der Waals surface area contributed by atoms with Crippen molar-refractivity contribution in [3.05, 3.63) is 64.4 Å². The number of allylic oxidation sites excluding steroid dienone is 2. The van der Waals surface area contributed by atoms with E-state index in [1.807, 2.05) is 55.1 Å². The number of ether oxygens (including phenoxy) is 2. The Kier molecular flexibility index (Phi) is 5.61. The number of benzene rings is 2. The highest BCUT2D eigenvalue weighted by Gasteiger charge is 2.44. The van der Waals surface area contributed by atoms with Gasteiger partial charge in [0.1, 0.15) is 0 Å². The molecule has 0 saturated carbocycles. The first-order valence-corrected chi connectivity index (χ1v) is 11.0. The number of methoxy groups -OCH3 is 2. The summed E-state index contributed by atoms with van der Waals surface area (Å²) in [6.45, 7) is 8.23. The molecule has 1 unspecified atom stereocenters. The van der Waals surface area contributed by atoms with Gasteiger partial charge in [0, 0.05) is 30.0 Å². The monoisotopic (exact) mass is 433 g/mol. The molecule has 2 aliphatic rings. The minimum absolute atomic E-state index is 0.0164. The lowest BCUT2D eigenvalue weighted by atomic mass is 9.69. The summed E-state index contributed by atoms with van der Waals surface area (Å²) in [7, 11) is 3.19. The number of aryl methyl sites for hydroxylation is 2. The summed E-state index contributed by atoms with van der Waals surface area (Å²) in [4.78, 5) is 28.9. The maximum Gasteiger partial charge on any atom is 0.232 e. The predicted octanol–water partition coefficient (Wildman–Crippen LogP) is 5.48. The van der Waals surface area contributed by atoms with E-state index in [1.165, 1.54) is 0 Å². The van der Waals surface area contributed by atoms with E-state index in [-0.39, 0.29) is 29.4 Å². The molecule has 5 nitrogen and oxygen atoms in total. The molecular formula is C27H31NO4. The molecule has 0 saturated heterocycles. The summed E-state index contributed by atoms with van der Waals surface area (Å²) >= 11 is 0. The summed E-state index contributed by atoms with van der Waals surface area (Å²) in [6, 6.07) is 11.8. The van der Waals surface area contributed by atoms with E-state index in [1.54, 1.807) is 14.2 Å². The van der Waals surface area contributed by atoms with E-state index in [0.717, 1.165) is 33.6 Å². The summed E-state index contributed by atoms with van der Waals surface area (Å²) in [5.74, 6) is 1.07. The van der Waals surface area contributed by atoms with E-state index < -0.39 is 0 Å². The zero-order chi connectivity index (χ0) is 23.2. The van der Waals surface area contributed by atoms with E-state index in [0.29, 0.717) is 24.3 Å². The van der Waals surface area contributed by atoms with Gasteiger partial charge in [-0.25, -0.2) is 0 Å². The van der Waals surface area contributed by atoms with Gasteiger partial charge >= 0.3 is 0 Å². The average Bonchev–Trinajstić information content (AvgIpc) is 2.73. The third kappa shape index (κ3) is 3.81. The van der Waals surface area contributed by atoms with Crippen molar-refractivity contribution in [2.75, 3.05) is 19.1 Å². The van der Waals surface area contributed by atoms with Crippen LogP contribution in [0.1, 0.15) is 55.7 Å². The maximum atomic E-state index is 13.6. The molecule has 2 aromatic carbocycles. The van der Waals surface area contributed by atoms with Crippen LogP contribution in [-0.2, 0) is 9.59 Å². The van der Waals surface area contributed by atoms with Crippen molar-refractivity contribution < 1.29 is 19.1 Å². The van der Waals surface area contributed by atoms with Gasteiger partial charge in [-0.05, 0) is 60.6 Å². The van der Waals surface area contributed by atoms with Crippen LogP contribution in [0.3, 0.4) is 0 Å². The smallest absolute Gasteiger partial charge is 0.232 e. The van der Waals surface area contributed by atoms with Crippen molar-refractivity contribution in [2.24, 2.45) is 5.41 Å². The number of carbonyl (C=O) groups excluding carboxylic acids is 2. The quantitative estimate of drug-likeness (QED) is 0.640. The number of ketones is 1. The molecule has 1 aliphatic heterocycles. The molecule has 168 valence electrons. The molecular weight excluding hydrogens is 402 g/mol. The number of hydrogen-bond donors (Lipinski definition) is 0. The fourth-order valence-electron chi connectivity index (χ4n) is 5.01. The Morgan fingerprint density at radius 1 is 0.938 bits per heavy atom. The van der Waals surface area contributed by atoms with Gasteiger partial charge in [-0.2, -0.15) is 0 Å². The average molecular weight is 434 g/mol. The number of Topliss-reactive ketones (excluding diaryl/α,β-unsaturated/α-hetero) is 1. The summed E-state index contributed by atoms with van der Waals surface area (Å²) in [5.41, 5.74) is 5.29. The van der Waals surface area contributed by atoms with Gasteiger partial charge in [-0.15, -0.1) is 0 Å². The van der Waals surface area contributed by atoms with Crippen LogP contribution in [0, 0.1) is 19.3 Å². The summed E-state index contributed by atoms with van der Waals surface area (Å²) < 4.78 is 10.9. The molecule has 0 aromatic heterocycles. The van der Waals surface area contributed by atoms with E-state index in [2.05, 4.69) is 13.8 Å². The van der Waals surface area contributed by atoms with Gasteiger partial charge in [0.15, 0.2) is 17.3 Å². The molecule has 1 atom stereocenters. The van der Waals surface area contributed by atoms with Crippen LogP contribution in [0.2, 0.25) is 0 Å². The lowest BCUT2D eigenvalue weighted by Crippen LogP contribution is -2.44. The molecule has 0 fully saturated rings. The topological polar surface area (TPSA) is 55.8 Å². The Labute approximate surface area is 190 Å². The maximum absolute atomic E-state index is 13.6. The molecule has 0 spiro atoms. The molecule has 0 radical (unpaired) electrons. The summed E-state index contributed by atoms with van der Waals surface area (Å²) in [6.07, 6.45) is 1.40. The lowest BCUT2D eigenvalue weighted by Gasteiger charge is -2.43. The fourth-order valence-corrected chi connectivity index (χ4v) is 5.01. The lowest BCUT2D eigenvalue weighted by molar-refractivity contribution is -0.121. The van der Waals surface area contributed by atoms with Gasteiger partial charge in [0.05, 0.1) is 19.9 Å². The second-order valence-corrected chi connectivity index (χ2v) is 9.69. The Morgan fingerprint density at radius 2 is 1.66 bits per heavy atom. The fraction of sp³-hybridized carbons (Fsp3) is 0.407. The van der Waals surface area contributed by atoms with Crippen LogP contribution < -0.4 is 14.4 Å². The van der Waals surface area contributed by atoms with Crippen molar-refractivity contribution >= 4 is 17.4 Å². The van der Waals surface area contributed by atoms with E-state index in [9.17, 15) is 9.59 Å². The minimum Gasteiger partial charge on any atom is -0.493 e. The first kappa shape index (κ1) is 22.1. The van der Waals surface area contributed by atoms with Crippen LogP contribution in [0.25, 0.3) is 0 Å². The first-order valence-electron chi connectivity index (χ1n) is 11.0. The van der Waals surface area contributed by atoms with E-state index in [4.69, 9.17) is 9.47 Å². The summed E-state index contributed by atoms with van der Waals surface area (Å²) in [5, 5.41) is 0. The second kappa shape index (κ2) is 8.12. The molecule has 4 rings (SSSR count). The van der Waals surface area contributed by atoms with Crippen LogP contribution in [0.4, 0.5) is 5.69 Å². The number of carbonyl (C=O) groups is 2. The van der Waals surface area contributed by atoms with Crippen LogP contribution >= 0.6 is 0 Å². The van der Waals surface area contributed by atoms with Crippen molar-refractivity contribution in [2.45, 2.75) is 52.9 Å². The SMILES string of the molecule is COc1ccc(C2CC(=O)N(c3cc(C)ccc3C)C3=C2C(=O)CC(C)(C)C3)cc1OC. The van der Waals surface area contributed by atoms with Crippen molar-refractivity contribution in [3.63, 3.8) is 0 Å². The normalized spacial score (nSPS) is 20.3. The Hall–Kier alpha value is -3.08. The van der Waals surface area contributed by atoms with E-state index >= 15 is 0 Å². The van der Waals surface area contributed by atoms with Gasteiger partial charge < -0.3 is 9.47 Å². The van der Waals surface area contributed by atoms with Crippen LogP contribution in [-0.4, -0.2) is 25.9 Å². The molecule has 32 heavy (non-hydrogen) atoms. The highest BCUT2D eigenvalue weighted by atomic mass is 16.5. The Morgan fingerprint density at radius 3 is 2.34 bits per heavy atom. The highest BCUT2D eigenvalue weighted by Crippen LogP contribution is 2.49. The zero-order valence-corrected chi connectivity index (χ0v) is 19.7. The number of anilines is 1. The number of amides is 1. The van der Waals surface area contributed by atoms with Crippen molar-refractivity contribution in [1.82, 2.24) is 0 Å². The molecule has 1 amide bonds. The van der Waals surface area contributed by atoms with Gasteiger partial charge in [0.2, 0.25) is 5.91 Å². The van der Waals surface area contributed by atoms with Crippen LogP contribution in [0.5, 0.6) is 11.5 Å². The predicted molar refractivity (Wildman–Crippen MR) is 125 cm³/mol. The number of rotatable bonds is 4. The second-order valence-electron chi connectivity index (χ2n) is 9.69. The minimum atomic E-state index is -0.290. The van der Waals surface area contributed by atoms with Crippen LogP contribution in [0.15, 0.2) is 47.7 Å². The Balaban J connectivity index is 1.91. The van der Waals surface area contributed by atoms with Gasteiger partial charge in [0.25, 0.3) is 0 Å². The molecule has 1 aliphatic carbocycles. The molecule has 5 heteroatoms. The zero-order valence-electron chi connectivity index (χ0n) is 19.7. The molecule has 0 bridgehead atoms. The first-order chi connectivity index (χ1) is 15.1. The van der Waals surface area contributed by atoms with Gasteiger partial charge in [-0.3, -0.25) is 14.5 Å². The third-order valence-corrected chi connectivity index (χ3v) is 6.56. The van der Waals surface area contributed by atoms with Crippen molar-refractivity contribution in [1.29, 1.82) is 0 Å². The van der Waals surface area contributed by atoms with Crippen molar-refractivity contribution in [3.8, 4) is 11.5 Å². The number of hydrogen-bond acceptors (Lipinski definition) is 4. The largest absolute Gasteiger partial charge is 0.493 e.